The van der Waals surface area contributed by atoms with Gasteiger partial charge in [-0.3, -0.25) is 0 Å². The van der Waals surface area contributed by atoms with Crippen molar-refractivity contribution in [2.75, 3.05) is 5.75 Å². The van der Waals surface area contributed by atoms with Crippen LogP contribution < -0.4 is 10.1 Å². The molecule has 1 aromatic heterocycles. The molecule has 6 rings (SSSR count). The lowest BCUT2D eigenvalue weighted by molar-refractivity contribution is -0.735. The number of hydrogen-bond acceptors (Lipinski definition) is 3. The molecule has 0 amide bonds. The molecule has 5 aliphatic rings. The van der Waals surface area contributed by atoms with Crippen molar-refractivity contribution in [3.63, 3.8) is 0 Å². The van der Waals surface area contributed by atoms with Gasteiger partial charge in [-0.1, -0.05) is 0 Å². The van der Waals surface area contributed by atoms with Crippen LogP contribution in [-0.2, 0) is 13.1 Å². The van der Waals surface area contributed by atoms with Crippen LogP contribution in [0.3, 0.4) is 0 Å². The maximum atomic E-state index is 12.8. The number of aromatic nitrogens is 2. The van der Waals surface area contributed by atoms with Gasteiger partial charge in [-0.25, -0.2) is 4.79 Å². The lowest BCUT2D eigenvalue weighted by Crippen LogP contribution is -2.50. The Labute approximate surface area is 140 Å². The monoisotopic (exact) mass is 333 g/mol. The molecule has 4 saturated carbocycles. The molecular formula is C18H25N2O2S+. The van der Waals surface area contributed by atoms with Crippen LogP contribution in [0.25, 0.3) is 0 Å². The lowest BCUT2D eigenvalue weighted by atomic mass is 9.49. The summed E-state index contributed by atoms with van der Waals surface area (Å²) in [6, 6.07) is 0. The maximum absolute atomic E-state index is 12.8. The Morgan fingerprint density at radius 2 is 1.83 bits per heavy atom. The zero-order valence-corrected chi connectivity index (χ0v) is 14.6. The molecule has 0 spiro atoms. The van der Waals surface area contributed by atoms with Gasteiger partial charge in [0.25, 0.3) is 5.88 Å². The first-order valence-corrected chi connectivity index (χ1v) is 10.0. The van der Waals surface area contributed by atoms with Crippen molar-refractivity contribution in [1.29, 1.82) is 0 Å². The predicted molar refractivity (Wildman–Crippen MR) is 88.6 cm³/mol. The Kier molecular flexibility index (Phi) is 2.99. The van der Waals surface area contributed by atoms with E-state index < -0.39 is 0 Å². The van der Waals surface area contributed by atoms with E-state index in [0.29, 0.717) is 11.0 Å². The van der Waals surface area contributed by atoms with E-state index in [9.17, 15) is 9.90 Å². The second-order valence-electron chi connectivity index (χ2n) is 8.54. The molecule has 4 fully saturated rings. The first kappa shape index (κ1) is 14.4. The van der Waals surface area contributed by atoms with Crippen molar-refractivity contribution < 1.29 is 9.67 Å². The van der Waals surface area contributed by atoms with Crippen LogP contribution in [0.4, 0.5) is 0 Å². The molecule has 1 aromatic rings. The summed E-state index contributed by atoms with van der Waals surface area (Å²) in [7, 11) is 0. The highest BCUT2D eigenvalue weighted by Crippen LogP contribution is 2.60. The van der Waals surface area contributed by atoms with Gasteiger partial charge in [0, 0.05) is 11.2 Å². The van der Waals surface area contributed by atoms with Crippen LogP contribution >= 0.6 is 11.8 Å². The Balaban J connectivity index is 1.58. The topological polar surface area (TPSA) is 46.1 Å². The minimum absolute atomic E-state index is 0.0268. The molecule has 4 bridgehead atoms. The van der Waals surface area contributed by atoms with E-state index in [1.807, 2.05) is 9.13 Å². The molecule has 0 atom stereocenters. The quantitative estimate of drug-likeness (QED) is 0.668. The average Bonchev–Trinajstić information content (AvgIpc) is 2.97. The smallest absolute Gasteiger partial charge is 0.345 e. The van der Waals surface area contributed by atoms with Crippen LogP contribution in [0.2, 0.25) is 0 Å². The standard InChI is InChI=1S/C18H24N2O2S/c1-11-15(21)19-2-3-23-17(19)20(16(11)22)10-18-7-12-4-13(8-18)6-14(5-12)9-18/h12-14H,2-10H2,1H3/p+1. The van der Waals surface area contributed by atoms with Crippen molar-refractivity contribution >= 4 is 11.8 Å². The summed E-state index contributed by atoms with van der Waals surface area (Å²) < 4.78 is 3.96. The van der Waals surface area contributed by atoms with Crippen molar-refractivity contribution in [1.82, 2.24) is 4.57 Å². The van der Waals surface area contributed by atoms with E-state index in [2.05, 4.69) is 0 Å². The fourth-order valence-electron chi connectivity index (χ4n) is 6.37. The summed E-state index contributed by atoms with van der Waals surface area (Å²) in [6.45, 7) is 3.46. The van der Waals surface area contributed by atoms with Gasteiger partial charge < -0.3 is 5.11 Å². The van der Waals surface area contributed by atoms with Gasteiger partial charge in [0.2, 0.25) is 0 Å². The molecule has 1 aliphatic heterocycles. The summed E-state index contributed by atoms with van der Waals surface area (Å²) >= 11 is 1.73. The minimum atomic E-state index is 0.0268. The molecule has 0 unspecified atom stereocenters. The number of fused-ring (bicyclic) bond motifs is 1. The van der Waals surface area contributed by atoms with Gasteiger partial charge in [-0.05, 0) is 75.0 Å². The third-order valence-electron chi connectivity index (χ3n) is 6.82. The SMILES string of the molecule is Cc1c(O)[n+]2c(n(CC34CC5CC(CC(C5)C3)C4)c1=O)SCC2. The largest absolute Gasteiger partial charge is 0.477 e. The highest BCUT2D eigenvalue weighted by Gasteiger charge is 2.52. The van der Waals surface area contributed by atoms with Crippen molar-refractivity contribution in [2.24, 2.45) is 23.2 Å². The highest BCUT2D eigenvalue weighted by atomic mass is 32.2. The molecular weight excluding hydrogens is 308 g/mol. The molecule has 0 saturated heterocycles. The first-order chi connectivity index (χ1) is 11.0. The van der Waals surface area contributed by atoms with Gasteiger partial charge in [-0.15, -0.1) is 0 Å². The van der Waals surface area contributed by atoms with Gasteiger partial charge in [0.1, 0.15) is 18.7 Å². The van der Waals surface area contributed by atoms with Crippen LogP contribution in [0.15, 0.2) is 9.95 Å². The zero-order chi connectivity index (χ0) is 15.8. The number of nitrogens with zero attached hydrogens (tertiary/aromatic N) is 2. The molecule has 1 N–H and O–H groups in total. The molecule has 0 radical (unpaired) electrons. The van der Waals surface area contributed by atoms with Gasteiger partial charge in [0.15, 0.2) is 0 Å². The molecule has 4 nitrogen and oxygen atoms in total. The predicted octanol–water partition coefficient (Wildman–Crippen LogP) is 2.47. The van der Waals surface area contributed by atoms with E-state index in [1.165, 1.54) is 38.5 Å². The van der Waals surface area contributed by atoms with E-state index in [1.54, 1.807) is 18.7 Å². The Bertz CT molecular complexity index is 704. The average molecular weight is 333 g/mol. The normalized spacial score (nSPS) is 37.3. The number of rotatable bonds is 2. The third kappa shape index (κ3) is 2.04. The summed E-state index contributed by atoms with van der Waals surface area (Å²) in [4.78, 5) is 12.8. The number of aromatic hydroxyl groups is 1. The van der Waals surface area contributed by atoms with Crippen LogP contribution in [-0.4, -0.2) is 15.4 Å². The van der Waals surface area contributed by atoms with E-state index >= 15 is 0 Å². The van der Waals surface area contributed by atoms with Gasteiger partial charge in [-0.2, -0.15) is 9.13 Å². The fourth-order valence-corrected chi connectivity index (χ4v) is 7.46. The summed E-state index contributed by atoms with van der Waals surface area (Å²) in [5, 5.41) is 11.3. The van der Waals surface area contributed by atoms with Gasteiger partial charge >= 0.3 is 10.7 Å². The van der Waals surface area contributed by atoms with Crippen molar-refractivity contribution in [2.45, 2.75) is 63.7 Å². The van der Waals surface area contributed by atoms with Crippen molar-refractivity contribution in [3.05, 3.63) is 15.9 Å². The summed E-state index contributed by atoms with van der Waals surface area (Å²) in [5.41, 5.74) is 0.888. The fraction of sp³-hybridized carbons (Fsp3) is 0.778. The van der Waals surface area contributed by atoms with Gasteiger partial charge in [0.05, 0.1) is 0 Å². The van der Waals surface area contributed by atoms with Crippen LogP contribution in [0.1, 0.15) is 44.1 Å². The Morgan fingerprint density at radius 1 is 1.22 bits per heavy atom. The second kappa shape index (κ2) is 4.78. The van der Waals surface area contributed by atoms with Crippen molar-refractivity contribution in [3.8, 4) is 5.88 Å². The lowest BCUT2D eigenvalue weighted by Gasteiger charge is -2.56. The zero-order valence-electron chi connectivity index (χ0n) is 13.8. The second-order valence-corrected chi connectivity index (χ2v) is 9.60. The minimum Gasteiger partial charge on any atom is -0.477 e. The number of hydrogen-bond donors (Lipinski definition) is 1. The van der Waals surface area contributed by atoms with E-state index in [4.69, 9.17) is 0 Å². The Morgan fingerprint density at radius 3 is 2.43 bits per heavy atom. The van der Waals surface area contributed by atoms with E-state index in [-0.39, 0.29) is 11.4 Å². The molecule has 5 heteroatoms. The van der Waals surface area contributed by atoms with E-state index in [0.717, 1.165) is 41.8 Å². The highest BCUT2D eigenvalue weighted by molar-refractivity contribution is 7.99. The summed E-state index contributed by atoms with van der Waals surface area (Å²) in [5.74, 6) is 3.85. The Hall–Kier alpha value is -0.970. The third-order valence-corrected chi connectivity index (χ3v) is 7.91. The van der Waals surface area contributed by atoms with Crippen LogP contribution in [0.5, 0.6) is 5.88 Å². The summed E-state index contributed by atoms with van der Waals surface area (Å²) in [6.07, 6.45) is 8.25. The molecule has 4 aliphatic carbocycles. The molecule has 2 heterocycles. The molecule has 23 heavy (non-hydrogen) atoms. The van der Waals surface area contributed by atoms with Crippen LogP contribution in [0, 0.1) is 30.1 Å². The maximum Gasteiger partial charge on any atom is 0.345 e. The molecule has 124 valence electrons. The molecule has 0 aromatic carbocycles. The first-order valence-electron chi connectivity index (χ1n) is 9.04. The number of thioether (sulfide) groups is 1.